The van der Waals surface area contributed by atoms with Crippen molar-refractivity contribution < 1.29 is 14.3 Å². The molecule has 4 N–H and O–H groups in total. The molecule has 0 atom stereocenters. The third kappa shape index (κ3) is 9.61. The van der Waals surface area contributed by atoms with Gasteiger partial charge in [-0.2, -0.15) is 4.98 Å². The van der Waals surface area contributed by atoms with Gasteiger partial charge in [0, 0.05) is 67.9 Å². The second-order valence-electron chi connectivity index (χ2n) is 10.7. The first-order valence-electron chi connectivity index (χ1n) is 16.4. The molecule has 0 spiro atoms. The molecular weight excluding hydrogens is 642 g/mol. The molecule has 3 heterocycles. The van der Waals surface area contributed by atoms with Crippen LogP contribution in [0.2, 0.25) is 0 Å². The van der Waals surface area contributed by atoms with Gasteiger partial charge in [-0.05, 0) is 65.7 Å². The highest BCUT2D eigenvalue weighted by Crippen LogP contribution is 2.29. The van der Waals surface area contributed by atoms with Gasteiger partial charge in [0.1, 0.15) is 11.5 Å². The molecule has 262 valence electrons. The van der Waals surface area contributed by atoms with E-state index in [0.717, 1.165) is 56.7 Å². The van der Waals surface area contributed by atoms with E-state index in [1.54, 1.807) is 20.4 Å². The molecule has 0 aliphatic rings. The van der Waals surface area contributed by atoms with Crippen molar-refractivity contribution in [2.75, 3.05) is 49.1 Å². The smallest absolute Gasteiger partial charge is 0.247 e. The number of methoxy groups -OCH3 is 1. The Labute approximate surface area is 297 Å². The zero-order valence-electron chi connectivity index (χ0n) is 29.5. The lowest BCUT2D eigenvalue weighted by Gasteiger charge is -2.10. The average Bonchev–Trinajstić information content (AvgIpc) is 3.59. The van der Waals surface area contributed by atoms with Gasteiger partial charge >= 0.3 is 0 Å². The summed E-state index contributed by atoms with van der Waals surface area (Å²) in [6.45, 7) is 12.3. The van der Waals surface area contributed by atoms with Gasteiger partial charge in [-0.25, -0.2) is 15.0 Å². The van der Waals surface area contributed by atoms with E-state index in [1.807, 2.05) is 104 Å². The van der Waals surface area contributed by atoms with Crippen molar-refractivity contribution in [2.45, 2.75) is 20.4 Å². The highest BCUT2D eigenvalue weighted by molar-refractivity contribution is 6.00. The molecule has 0 saturated carbocycles. The Morgan fingerprint density at radius 3 is 2.08 bits per heavy atom. The molecule has 0 fully saturated rings. The van der Waals surface area contributed by atoms with E-state index in [4.69, 9.17) is 4.74 Å². The first-order chi connectivity index (χ1) is 24.8. The van der Waals surface area contributed by atoms with Gasteiger partial charge in [0.2, 0.25) is 17.8 Å². The number of amides is 2. The van der Waals surface area contributed by atoms with Crippen molar-refractivity contribution >= 4 is 56.9 Å². The molecule has 2 amide bonds. The maximum Gasteiger partial charge on any atom is 0.247 e. The molecule has 12 heteroatoms. The summed E-state index contributed by atoms with van der Waals surface area (Å²) < 4.78 is 7.16. The van der Waals surface area contributed by atoms with Crippen molar-refractivity contribution in [3.05, 3.63) is 111 Å². The van der Waals surface area contributed by atoms with Crippen LogP contribution >= 0.6 is 0 Å². The lowest BCUT2D eigenvalue weighted by atomic mass is 10.0. The van der Waals surface area contributed by atoms with Crippen LogP contribution in [-0.2, 0) is 20.9 Å². The Hall–Kier alpha value is -6.40. The molecular formula is C39H43N9O3. The average molecular weight is 686 g/mol. The van der Waals surface area contributed by atoms with Crippen molar-refractivity contribution in [3.8, 4) is 22.5 Å². The van der Waals surface area contributed by atoms with Gasteiger partial charge in [0.05, 0.1) is 12.1 Å². The van der Waals surface area contributed by atoms with Crippen LogP contribution in [0, 0.1) is 0 Å². The highest BCUT2D eigenvalue weighted by Gasteiger charge is 2.10. The fourth-order valence-corrected chi connectivity index (χ4v) is 4.99. The van der Waals surface area contributed by atoms with Crippen LogP contribution in [0.5, 0.6) is 0 Å². The molecule has 6 rings (SSSR count). The van der Waals surface area contributed by atoms with E-state index >= 15 is 0 Å². The topological polar surface area (TPSA) is 148 Å². The van der Waals surface area contributed by atoms with E-state index in [2.05, 4.69) is 54.4 Å². The summed E-state index contributed by atoms with van der Waals surface area (Å²) in [5.74, 6) is 1.45. The lowest BCUT2D eigenvalue weighted by molar-refractivity contribution is -0.112. The molecule has 0 aliphatic heterocycles. The van der Waals surface area contributed by atoms with Gasteiger partial charge in [-0.1, -0.05) is 57.3 Å². The molecule has 0 unspecified atom stereocenters. The second-order valence-corrected chi connectivity index (χ2v) is 10.7. The van der Waals surface area contributed by atoms with Crippen molar-refractivity contribution in [1.29, 1.82) is 0 Å². The Balaban J connectivity index is 0.000000218. The maximum atomic E-state index is 11.5. The summed E-state index contributed by atoms with van der Waals surface area (Å²) in [5, 5.41) is 13.5. The summed E-state index contributed by atoms with van der Waals surface area (Å²) >= 11 is 0. The van der Waals surface area contributed by atoms with Crippen LogP contribution in [0.1, 0.15) is 13.8 Å². The van der Waals surface area contributed by atoms with E-state index in [1.165, 1.54) is 12.2 Å². The van der Waals surface area contributed by atoms with Gasteiger partial charge in [-0.3, -0.25) is 9.59 Å². The number of ether oxygens (including phenoxy) is 1. The molecule has 0 radical (unpaired) electrons. The fraction of sp³-hybridized carbons (Fsp3) is 0.179. The Kier molecular flexibility index (Phi) is 13.5. The minimum atomic E-state index is -0.253. The first kappa shape index (κ1) is 37.4. The Bertz CT molecular complexity index is 2140. The third-order valence-electron chi connectivity index (χ3n) is 7.42. The summed E-state index contributed by atoms with van der Waals surface area (Å²) in [7, 11) is 5.30. The molecule has 12 nitrogen and oxygen atoms in total. The van der Waals surface area contributed by atoms with Crippen LogP contribution in [0.4, 0.5) is 23.1 Å². The monoisotopic (exact) mass is 685 g/mol. The highest BCUT2D eigenvalue weighted by atomic mass is 16.5. The Morgan fingerprint density at radius 2 is 1.45 bits per heavy atom. The summed E-state index contributed by atoms with van der Waals surface area (Å²) in [5.41, 5.74) is 5.91. The number of hydrogen-bond acceptors (Lipinski definition) is 9. The van der Waals surface area contributed by atoms with Crippen molar-refractivity contribution in [1.82, 2.24) is 24.5 Å². The zero-order valence-corrected chi connectivity index (χ0v) is 29.5. The molecule has 0 aliphatic carbocycles. The number of anilines is 4. The number of fused-ring (bicyclic) bond motifs is 2. The van der Waals surface area contributed by atoms with Gasteiger partial charge < -0.3 is 30.6 Å². The molecule has 0 saturated heterocycles. The number of benzene rings is 3. The third-order valence-corrected chi connectivity index (χ3v) is 7.42. The van der Waals surface area contributed by atoms with Crippen LogP contribution in [0.3, 0.4) is 0 Å². The number of rotatable bonds is 11. The standard InChI is InChI=1S/C19H19N5O.C18H18N4O2.C2H6/c1-4-17(25)22-14-7-5-6-12(10-14)13-8-9-15-16(11-13)23-19(21-3)24-18(15)20-2;1-3-16(23)20-15-6-4-5-13(11-15)17-19-12-14-7-8-22(9-10-24-2)18(14)21-17;1-2/h4-11H,1H2,2-3H3,(H,22,25)(H2,20,21,23,24);3-8,11-12H,1,9-10H2,2H3,(H,20,23);1-2H3. The zero-order chi connectivity index (χ0) is 36.8. The molecule has 0 bridgehead atoms. The molecule has 3 aromatic heterocycles. The number of hydrogen-bond donors (Lipinski definition) is 4. The number of aromatic nitrogens is 5. The normalized spacial score (nSPS) is 10.2. The van der Waals surface area contributed by atoms with E-state index in [-0.39, 0.29) is 11.8 Å². The lowest BCUT2D eigenvalue weighted by Crippen LogP contribution is -2.07. The summed E-state index contributed by atoms with van der Waals surface area (Å²) in [6, 6.07) is 23.1. The molecule has 51 heavy (non-hydrogen) atoms. The summed E-state index contributed by atoms with van der Waals surface area (Å²) in [6.07, 6.45) is 6.26. The predicted octanol–water partition coefficient (Wildman–Crippen LogP) is 7.40. The van der Waals surface area contributed by atoms with Crippen LogP contribution < -0.4 is 21.3 Å². The first-order valence-corrected chi connectivity index (χ1v) is 16.4. The number of nitrogens with one attached hydrogen (secondary N) is 4. The van der Waals surface area contributed by atoms with Gasteiger partial charge in [-0.15, -0.1) is 0 Å². The van der Waals surface area contributed by atoms with E-state index in [0.29, 0.717) is 24.1 Å². The van der Waals surface area contributed by atoms with E-state index < -0.39 is 0 Å². The van der Waals surface area contributed by atoms with Gasteiger partial charge in [0.25, 0.3) is 0 Å². The SMILES string of the molecule is C=CC(=O)Nc1cccc(-c2ccc3c(NC)nc(NC)nc3c2)c1.C=CC(=O)Nc1cccc(-c2ncc3ccn(CCOC)c3n2)c1.CC. The Morgan fingerprint density at radius 1 is 0.804 bits per heavy atom. The number of carbonyl (C=O) groups excluding carboxylic acids is 2. The molecule has 3 aromatic carbocycles. The van der Waals surface area contributed by atoms with Crippen molar-refractivity contribution in [3.63, 3.8) is 0 Å². The largest absolute Gasteiger partial charge is 0.383 e. The summed E-state index contributed by atoms with van der Waals surface area (Å²) in [4.78, 5) is 40.9. The number of carbonyl (C=O) groups is 2. The van der Waals surface area contributed by atoms with Crippen molar-refractivity contribution in [2.24, 2.45) is 0 Å². The second kappa shape index (κ2) is 18.4. The quantitative estimate of drug-likeness (QED) is 0.102. The number of nitrogens with zero attached hydrogens (tertiary/aromatic N) is 5. The maximum absolute atomic E-state index is 11.5. The van der Waals surface area contributed by atoms with Crippen LogP contribution in [0.15, 0.2) is 111 Å². The van der Waals surface area contributed by atoms with E-state index in [9.17, 15) is 9.59 Å². The van der Waals surface area contributed by atoms with Crippen LogP contribution in [0.25, 0.3) is 44.5 Å². The minimum absolute atomic E-state index is 0.235. The predicted molar refractivity (Wildman–Crippen MR) is 208 cm³/mol. The fourth-order valence-electron chi connectivity index (χ4n) is 4.99. The minimum Gasteiger partial charge on any atom is -0.383 e. The molecule has 6 aromatic rings. The van der Waals surface area contributed by atoms with Gasteiger partial charge in [0.15, 0.2) is 5.82 Å². The van der Waals surface area contributed by atoms with Crippen LogP contribution in [-0.4, -0.2) is 64.1 Å².